The Morgan fingerprint density at radius 3 is 2.25 bits per heavy atom. The van der Waals surface area contributed by atoms with E-state index in [2.05, 4.69) is 5.32 Å². The number of benzene rings is 2. The van der Waals surface area contributed by atoms with Crippen LogP contribution in [0, 0.1) is 6.92 Å². The van der Waals surface area contributed by atoms with E-state index in [0.29, 0.717) is 10.7 Å². The summed E-state index contributed by atoms with van der Waals surface area (Å²) in [7, 11) is -1.94. The van der Waals surface area contributed by atoms with E-state index in [1.54, 1.807) is 50.6 Å². The van der Waals surface area contributed by atoms with Crippen molar-refractivity contribution >= 4 is 50.3 Å². The Morgan fingerprint density at radius 1 is 1.07 bits per heavy atom. The fourth-order valence-corrected chi connectivity index (χ4v) is 5.03. The molecule has 0 aliphatic rings. The van der Waals surface area contributed by atoms with Crippen LogP contribution >= 0.6 is 11.6 Å². The van der Waals surface area contributed by atoms with Crippen LogP contribution in [-0.2, 0) is 37.6 Å². The number of primary amides is 1. The number of rotatable bonds is 8. The maximum absolute atomic E-state index is 12.1. The lowest BCUT2D eigenvalue weighted by atomic mass is 10.2. The number of carbonyl (C=O) groups excluding carboxylic acids is 3. The zero-order valence-corrected chi connectivity index (χ0v) is 25.1. The topological polar surface area (TPSA) is 147 Å². The quantitative estimate of drug-likeness (QED) is 0.292. The van der Waals surface area contributed by atoms with Crippen molar-refractivity contribution in [3.8, 4) is 0 Å². The third kappa shape index (κ3) is 9.56. The van der Waals surface area contributed by atoms with Gasteiger partial charge in [-0.1, -0.05) is 30.7 Å². The van der Waals surface area contributed by atoms with E-state index in [1.807, 2.05) is 26.0 Å². The van der Waals surface area contributed by atoms with Gasteiger partial charge in [0.15, 0.2) is 15.6 Å². The molecular weight excluding hydrogens is 558 g/mol. The van der Waals surface area contributed by atoms with E-state index < -0.39 is 39.2 Å². The predicted molar refractivity (Wildman–Crippen MR) is 154 cm³/mol. The Bertz CT molecular complexity index is 1470. The van der Waals surface area contributed by atoms with Gasteiger partial charge in [-0.3, -0.25) is 9.59 Å². The first kappa shape index (κ1) is 32.6. The van der Waals surface area contributed by atoms with E-state index in [9.17, 15) is 22.8 Å². The first-order valence-electron chi connectivity index (χ1n) is 12.5. The van der Waals surface area contributed by atoms with Gasteiger partial charge in [0.1, 0.15) is 17.9 Å². The molecule has 10 nitrogen and oxygen atoms in total. The summed E-state index contributed by atoms with van der Waals surface area (Å²) in [6, 6.07) is 11.9. The Morgan fingerprint density at radius 2 is 1.70 bits per heavy atom. The predicted octanol–water partition coefficient (Wildman–Crippen LogP) is 4.33. The number of hydrogen-bond acceptors (Lipinski definition) is 7. The zero-order valence-electron chi connectivity index (χ0n) is 23.5. The van der Waals surface area contributed by atoms with Gasteiger partial charge in [-0.2, -0.15) is 0 Å². The number of carbonyl (C=O) groups is 3. The summed E-state index contributed by atoms with van der Waals surface area (Å²) >= 11 is 6.09. The molecule has 0 unspecified atom stereocenters. The highest BCUT2D eigenvalue weighted by molar-refractivity contribution is 7.92. The molecule has 0 saturated carbocycles. The number of fused-ring (bicyclic) bond motifs is 1. The number of aromatic nitrogens is 1. The average molecular weight is 594 g/mol. The van der Waals surface area contributed by atoms with Crippen LogP contribution in [0.25, 0.3) is 10.9 Å². The Kier molecular flexibility index (Phi) is 11.2. The minimum Gasteiger partial charge on any atom is -0.463 e. The van der Waals surface area contributed by atoms with E-state index in [-0.39, 0.29) is 18.0 Å². The van der Waals surface area contributed by atoms with E-state index >= 15 is 0 Å². The molecule has 0 bridgehead atoms. The van der Waals surface area contributed by atoms with Crippen LogP contribution in [0.4, 0.5) is 4.79 Å². The van der Waals surface area contributed by atoms with Crippen molar-refractivity contribution in [1.29, 1.82) is 0 Å². The van der Waals surface area contributed by atoms with Crippen molar-refractivity contribution < 1.29 is 32.3 Å². The third-order valence-corrected chi connectivity index (χ3v) is 7.46. The van der Waals surface area contributed by atoms with Crippen LogP contribution in [0.2, 0.25) is 5.02 Å². The highest BCUT2D eigenvalue weighted by atomic mass is 35.5. The molecule has 2 amide bonds. The maximum atomic E-state index is 12.1. The summed E-state index contributed by atoms with van der Waals surface area (Å²) < 4.78 is 35.9. The van der Waals surface area contributed by atoms with Crippen LogP contribution in [0.5, 0.6) is 0 Å². The summed E-state index contributed by atoms with van der Waals surface area (Å²) in [5, 5.41) is 3.92. The normalized spacial score (nSPS) is 11.4. The highest BCUT2D eigenvalue weighted by Gasteiger charge is 2.21. The Balaban J connectivity index is 0.000000315. The molecule has 0 spiro atoms. The number of amides is 2. The van der Waals surface area contributed by atoms with E-state index in [1.165, 1.54) is 12.1 Å². The number of nitrogens with two attached hydrogens (primary N) is 1. The molecule has 3 aromatic rings. The number of ether oxygens (including phenoxy) is 2. The van der Waals surface area contributed by atoms with Crippen molar-refractivity contribution in [1.82, 2.24) is 9.88 Å². The second-order valence-electron chi connectivity index (χ2n) is 10.0. The van der Waals surface area contributed by atoms with Crippen LogP contribution < -0.4 is 11.1 Å². The summed E-state index contributed by atoms with van der Waals surface area (Å²) in [6.45, 7) is 9.00. The minimum atomic E-state index is -3.75. The number of sulfone groups is 1. The largest absolute Gasteiger partial charge is 0.463 e. The Hall–Kier alpha value is -3.57. The molecule has 3 N–H and O–H groups in total. The summed E-state index contributed by atoms with van der Waals surface area (Å²) in [6.07, 6.45) is 0.166. The number of nitrogens with zero attached hydrogens (tertiary/aromatic N) is 1. The second-order valence-corrected chi connectivity index (χ2v) is 12.4. The van der Waals surface area contributed by atoms with Gasteiger partial charge in [-0.05, 0) is 75.6 Å². The number of halogens is 1. The number of alkyl carbamates (subject to hydrolysis) is 1. The number of aryl methyl sites for hydroxylation is 3. The molecule has 0 fully saturated rings. The van der Waals surface area contributed by atoms with Gasteiger partial charge in [-0.25, -0.2) is 13.2 Å². The molecule has 3 rings (SSSR count). The van der Waals surface area contributed by atoms with Crippen LogP contribution in [-0.4, -0.2) is 55.5 Å². The maximum Gasteiger partial charge on any atom is 0.407 e. The van der Waals surface area contributed by atoms with Crippen molar-refractivity contribution in [2.45, 2.75) is 51.5 Å². The molecule has 1 heterocycles. The molecule has 40 heavy (non-hydrogen) atoms. The standard InChI is InChI=1S/C17H25NO6S.C11H11ClN2O/c1-5-13-6-8-14(9-7-13)25(21,22)12-15(19)23-11-10-18-16(20)24-17(2,3)4;1-6-3-8(12)7-5-10(11(13)15)14(2)9(7)4-6/h6-9H,5,10-12H2,1-4H3,(H,18,20);3-5H,1-2H3,(H2,13,15). The van der Waals surface area contributed by atoms with Gasteiger partial charge in [0.2, 0.25) is 0 Å². The average Bonchev–Trinajstić information content (AvgIpc) is 3.18. The van der Waals surface area contributed by atoms with Crippen molar-refractivity contribution in [2.24, 2.45) is 12.8 Å². The van der Waals surface area contributed by atoms with Crippen LogP contribution in [0.15, 0.2) is 47.4 Å². The van der Waals surface area contributed by atoms with E-state index in [4.69, 9.17) is 26.8 Å². The highest BCUT2D eigenvalue weighted by Crippen LogP contribution is 2.27. The first-order chi connectivity index (χ1) is 18.5. The summed E-state index contributed by atoms with van der Waals surface area (Å²) in [5.74, 6) is -2.06. The first-order valence-corrected chi connectivity index (χ1v) is 14.6. The van der Waals surface area contributed by atoms with Gasteiger partial charge in [0, 0.05) is 12.4 Å². The molecular formula is C28H36ClN3O7S. The lowest BCUT2D eigenvalue weighted by molar-refractivity contribution is -0.140. The molecule has 0 atom stereocenters. The molecule has 218 valence electrons. The molecule has 0 aliphatic carbocycles. The second kappa shape index (κ2) is 13.7. The zero-order chi connectivity index (χ0) is 30.3. The van der Waals surface area contributed by atoms with Gasteiger partial charge < -0.3 is 25.1 Å². The molecule has 0 radical (unpaired) electrons. The SMILES string of the molecule is CCc1ccc(S(=O)(=O)CC(=O)OCCNC(=O)OC(C)(C)C)cc1.Cc1cc(Cl)c2cc(C(N)=O)n(C)c2c1. The van der Waals surface area contributed by atoms with Crippen LogP contribution in [0.1, 0.15) is 49.3 Å². The monoisotopic (exact) mass is 593 g/mol. The fraction of sp³-hybridized carbons (Fsp3) is 0.393. The van der Waals surface area contributed by atoms with Crippen molar-refractivity contribution in [3.05, 3.63) is 64.3 Å². The molecule has 1 aromatic heterocycles. The molecule has 0 aliphatic heterocycles. The van der Waals surface area contributed by atoms with Crippen molar-refractivity contribution in [2.75, 3.05) is 18.9 Å². The summed E-state index contributed by atoms with van der Waals surface area (Å²) in [4.78, 5) is 34.3. The van der Waals surface area contributed by atoms with Crippen molar-refractivity contribution in [3.63, 3.8) is 0 Å². The summed E-state index contributed by atoms with van der Waals surface area (Å²) in [5.41, 5.74) is 8.10. The molecule has 2 aromatic carbocycles. The van der Waals surface area contributed by atoms with Gasteiger partial charge >= 0.3 is 12.1 Å². The van der Waals surface area contributed by atoms with Gasteiger partial charge in [-0.15, -0.1) is 0 Å². The number of nitrogens with one attached hydrogen (secondary N) is 1. The number of hydrogen-bond donors (Lipinski definition) is 2. The lowest BCUT2D eigenvalue weighted by Crippen LogP contribution is -2.34. The molecule has 0 saturated heterocycles. The van der Waals surface area contributed by atoms with Crippen LogP contribution in [0.3, 0.4) is 0 Å². The minimum absolute atomic E-state index is 0.0336. The third-order valence-electron chi connectivity index (χ3n) is 5.54. The van der Waals surface area contributed by atoms with E-state index in [0.717, 1.165) is 28.5 Å². The van der Waals surface area contributed by atoms with Gasteiger partial charge in [0.25, 0.3) is 5.91 Å². The Labute approximate surface area is 239 Å². The smallest absolute Gasteiger partial charge is 0.407 e. The molecule has 12 heteroatoms. The van der Waals surface area contributed by atoms with Gasteiger partial charge in [0.05, 0.1) is 22.0 Å². The number of esters is 1. The lowest BCUT2D eigenvalue weighted by Gasteiger charge is -2.19. The fourth-order valence-electron chi connectivity index (χ4n) is 3.60.